The zero-order valence-electron chi connectivity index (χ0n) is 19.3. The maximum Gasteiger partial charge on any atom is 0.337 e. The van der Waals surface area contributed by atoms with Crippen molar-refractivity contribution in [2.45, 2.75) is 33.9 Å². The van der Waals surface area contributed by atoms with Gasteiger partial charge in [0.1, 0.15) is 0 Å². The van der Waals surface area contributed by atoms with Crippen molar-refractivity contribution in [1.29, 1.82) is 0 Å². The second-order valence-corrected chi connectivity index (χ2v) is 7.94. The van der Waals surface area contributed by atoms with Gasteiger partial charge in [-0.05, 0) is 50.1 Å². The summed E-state index contributed by atoms with van der Waals surface area (Å²) in [5, 5.41) is 4.65. The number of likely N-dealkylation sites (N-methyl/N-ethyl adjacent to an activating group) is 1. The molecule has 0 aliphatic rings. The fourth-order valence-corrected chi connectivity index (χ4v) is 3.47. The van der Waals surface area contributed by atoms with E-state index in [1.165, 1.54) is 18.2 Å². The van der Waals surface area contributed by atoms with E-state index in [4.69, 9.17) is 4.74 Å². The Morgan fingerprint density at radius 3 is 2.25 bits per heavy atom. The molecule has 32 heavy (non-hydrogen) atoms. The van der Waals surface area contributed by atoms with Crippen LogP contribution < -0.4 is 0 Å². The molecule has 0 aliphatic carbocycles. The van der Waals surface area contributed by atoms with Crippen LogP contribution in [0.4, 0.5) is 0 Å². The van der Waals surface area contributed by atoms with Crippen LogP contribution in [0.2, 0.25) is 0 Å². The number of methoxy groups -OCH3 is 1. The van der Waals surface area contributed by atoms with Gasteiger partial charge >= 0.3 is 5.97 Å². The van der Waals surface area contributed by atoms with Crippen molar-refractivity contribution < 1.29 is 14.3 Å². The number of nitrogens with zero attached hydrogens (tertiary/aromatic N) is 3. The summed E-state index contributed by atoms with van der Waals surface area (Å²) in [5.74, 6) is -0.482. The van der Waals surface area contributed by atoms with Gasteiger partial charge in [0.25, 0.3) is 0 Å². The molecule has 0 aliphatic heterocycles. The summed E-state index contributed by atoms with van der Waals surface area (Å²) in [5.41, 5.74) is 6.70. The Balaban J connectivity index is 1.66. The summed E-state index contributed by atoms with van der Waals surface area (Å²) in [7, 11) is 3.10. The molecule has 166 valence electrons. The van der Waals surface area contributed by atoms with Crippen molar-refractivity contribution in [3.8, 4) is 0 Å². The number of benzene rings is 2. The lowest BCUT2D eigenvalue weighted by Gasteiger charge is -2.15. The van der Waals surface area contributed by atoms with Crippen LogP contribution >= 0.6 is 0 Å². The molecule has 3 rings (SSSR count). The molecule has 6 heteroatoms. The van der Waals surface area contributed by atoms with Gasteiger partial charge in [-0.2, -0.15) is 5.10 Å². The van der Waals surface area contributed by atoms with Crippen LogP contribution in [-0.2, 0) is 22.6 Å². The van der Waals surface area contributed by atoms with E-state index in [1.807, 2.05) is 36.7 Å². The smallest absolute Gasteiger partial charge is 0.337 e. The van der Waals surface area contributed by atoms with Crippen molar-refractivity contribution in [2.24, 2.45) is 0 Å². The SMILES string of the molecule is COC(=O)c1ccc(CN(C)C(=O)/C=C/c2c(C)nn(Cc3ccc(C)cc3)c2C)cc1. The molecule has 0 bridgehead atoms. The first-order valence-electron chi connectivity index (χ1n) is 10.5. The Hall–Kier alpha value is -3.67. The van der Waals surface area contributed by atoms with E-state index in [1.54, 1.807) is 30.2 Å². The van der Waals surface area contributed by atoms with Gasteiger partial charge in [0, 0.05) is 30.9 Å². The number of aromatic nitrogens is 2. The zero-order valence-corrected chi connectivity index (χ0v) is 19.3. The quantitative estimate of drug-likeness (QED) is 0.413. The first kappa shape index (κ1) is 23.0. The van der Waals surface area contributed by atoms with Crippen LogP contribution in [0.25, 0.3) is 6.08 Å². The van der Waals surface area contributed by atoms with Crippen LogP contribution in [0, 0.1) is 20.8 Å². The normalized spacial score (nSPS) is 11.0. The van der Waals surface area contributed by atoms with E-state index in [2.05, 4.69) is 36.3 Å². The van der Waals surface area contributed by atoms with Crippen LogP contribution in [0.1, 0.15) is 44.0 Å². The van der Waals surface area contributed by atoms with Crippen molar-refractivity contribution >= 4 is 18.0 Å². The van der Waals surface area contributed by atoms with Crippen LogP contribution in [0.3, 0.4) is 0 Å². The molecule has 0 atom stereocenters. The van der Waals surface area contributed by atoms with Crippen molar-refractivity contribution in [2.75, 3.05) is 14.2 Å². The third-order valence-corrected chi connectivity index (χ3v) is 5.45. The molecule has 0 saturated carbocycles. The van der Waals surface area contributed by atoms with Gasteiger partial charge < -0.3 is 9.64 Å². The van der Waals surface area contributed by atoms with Crippen molar-refractivity contribution in [3.63, 3.8) is 0 Å². The highest BCUT2D eigenvalue weighted by atomic mass is 16.5. The van der Waals surface area contributed by atoms with Crippen molar-refractivity contribution in [1.82, 2.24) is 14.7 Å². The standard InChI is InChI=1S/C26H29N3O3/c1-18-6-8-22(9-7-18)17-29-20(3)24(19(2)27-29)14-15-25(30)28(4)16-21-10-12-23(13-11-21)26(31)32-5/h6-15H,16-17H2,1-5H3/b15-14+. The Bertz CT molecular complexity index is 1130. The van der Waals surface area contributed by atoms with E-state index in [-0.39, 0.29) is 11.9 Å². The summed E-state index contributed by atoms with van der Waals surface area (Å²) in [4.78, 5) is 25.8. The van der Waals surface area contributed by atoms with E-state index >= 15 is 0 Å². The average Bonchev–Trinajstić information content (AvgIpc) is 3.05. The van der Waals surface area contributed by atoms with Gasteiger partial charge in [-0.25, -0.2) is 4.79 Å². The minimum absolute atomic E-state index is 0.105. The number of hydrogen-bond acceptors (Lipinski definition) is 4. The Kier molecular flexibility index (Phi) is 7.25. The Labute approximate surface area is 189 Å². The number of amides is 1. The van der Waals surface area contributed by atoms with Gasteiger partial charge in [-0.1, -0.05) is 42.0 Å². The highest BCUT2D eigenvalue weighted by molar-refractivity contribution is 5.92. The molecule has 1 aromatic heterocycles. The molecule has 0 fully saturated rings. The third-order valence-electron chi connectivity index (χ3n) is 5.45. The molecule has 0 saturated heterocycles. The molecule has 0 spiro atoms. The van der Waals surface area contributed by atoms with E-state index < -0.39 is 0 Å². The number of aryl methyl sites for hydroxylation is 2. The Morgan fingerprint density at radius 1 is 1.00 bits per heavy atom. The van der Waals surface area contributed by atoms with Gasteiger partial charge in [0.05, 0.1) is 24.9 Å². The fraction of sp³-hybridized carbons (Fsp3) is 0.269. The van der Waals surface area contributed by atoms with Gasteiger partial charge in [-0.15, -0.1) is 0 Å². The second-order valence-electron chi connectivity index (χ2n) is 7.94. The minimum atomic E-state index is -0.377. The topological polar surface area (TPSA) is 64.4 Å². The fourth-order valence-electron chi connectivity index (χ4n) is 3.47. The first-order valence-corrected chi connectivity index (χ1v) is 10.5. The predicted octanol–water partition coefficient (Wildman–Crippen LogP) is 4.32. The number of esters is 1. The second kappa shape index (κ2) is 10.1. The Morgan fingerprint density at radius 2 is 1.62 bits per heavy atom. The number of carbonyl (C=O) groups is 2. The van der Waals surface area contributed by atoms with Gasteiger partial charge in [0.2, 0.25) is 5.91 Å². The molecule has 6 nitrogen and oxygen atoms in total. The molecular weight excluding hydrogens is 402 g/mol. The lowest BCUT2D eigenvalue weighted by Crippen LogP contribution is -2.24. The largest absolute Gasteiger partial charge is 0.465 e. The molecule has 1 heterocycles. The minimum Gasteiger partial charge on any atom is -0.465 e. The monoisotopic (exact) mass is 431 g/mol. The summed E-state index contributed by atoms with van der Waals surface area (Å²) in [6, 6.07) is 15.5. The average molecular weight is 432 g/mol. The van der Waals surface area contributed by atoms with E-state index in [0.29, 0.717) is 18.7 Å². The molecule has 2 aromatic carbocycles. The number of rotatable bonds is 7. The summed E-state index contributed by atoms with van der Waals surface area (Å²) < 4.78 is 6.68. The number of ether oxygens (including phenoxy) is 1. The van der Waals surface area contributed by atoms with E-state index in [9.17, 15) is 9.59 Å². The first-order chi connectivity index (χ1) is 15.3. The maximum atomic E-state index is 12.6. The molecule has 0 radical (unpaired) electrons. The van der Waals surface area contributed by atoms with E-state index in [0.717, 1.165) is 22.5 Å². The molecule has 3 aromatic rings. The molecule has 0 N–H and O–H groups in total. The third kappa shape index (κ3) is 5.52. The summed E-state index contributed by atoms with van der Waals surface area (Å²) >= 11 is 0. The highest BCUT2D eigenvalue weighted by Crippen LogP contribution is 2.17. The molecular formula is C26H29N3O3. The van der Waals surface area contributed by atoms with Crippen molar-refractivity contribution in [3.05, 3.63) is 93.8 Å². The summed E-state index contributed by atoms with van der Waals surface area (Å²) in [6.07, 6.45) is 3.42. The number of hydrogen-bond donors (Lipinski definition) is 0. The maximum absolute atomic E-state index is 12.6. The molecule has 1 amide bonds. The van der Waals surface area contributed by atoms with Gasteiger partial charge in [0.15, 0.2) is 0 Å². The number of carbonyl (C=O) groups excluding carboxylic acids is 2. The highest BCUT2D eigenvalue weighted by Gasteiger charge is 2.12. The lowest BCUT2D eigenvalue weighted by atomic mass is 10.1. The summed E-state index contributed by atoms with van der Waals surface area (Å²) in [6.45, 7) is 7.17. The molecule has 0 unspecified atom stereocenters. The van der Waals surface area contributed by atoms with Gasteiger partial charge in [-0.3, -0.25) is 9.48 Å². The van der Waals surface area contributed by atoms with Crippen LogP contribution in [0.15, 0.2) is 54.6 Å². The van der Waals surface area contributed by atoms with Crippen LogP contribution in [-0.4, -0.2) is 40.7 Å². The predicted molar refractivity (Wildman–Crippen MR) is 125 cm³/mol. The zero-order chi connectivity index (χ0) is 23.3. The van der Waals surface area contributed by atoms with Crippen LogP contribution in [0.5, 0.6) is 0 Å². The lowest BCUT2D eigenvalue weighted by molar-refractivity contribution is -0.125.